The van der Waals surface area contributed by atoms with E-state index in [1.807, 2.05) is 5.94 Å². The minimum absolute atomic E-state index is 0.739. The van der Waals surface area contributed by atoms with Gasteiger partial charge in [0.1, 0.15) is 5.94 Å². The standard InChI is InChI=1S/C28H52O/c1-2-3-4-5-6-7-8-9-10-11-12-13-14-15-16-17-18-19-20-21-22-23-24-25-26-27-28-29/h24-25,27H,2-23,26H2,1H3/b25-24+. The average Bonchev–Trinajstić information content (AvgIpc) is 2.74. The van der Waals surface area contributed by atoms with E-state index in [9.17, 15) is 4.79 Å². The smallest absolute Gasteiger partial charge is 0.120 e. The molecule has 0 aliphatic carbocycles. The Morgan fingerprint density at radius 1 is 0.483 bits per heavy atom. The zero-order valence-electron chi connectivity index (χ0n) is 19.9. The summed E-state index contributed by atoms with van der Waals surface area (Å²) in [5, 5.41) is 0. The molecule has 0 fully saturated rings. The van der Waals surface area contributed by atoms with Crippen LogP contribution in [0.2, 0.25) is 0 Å². The molecule has 0 N–H and O–H groups in total. The summed E-state index contributed by atoms with van der Waals surface area (Å²) in [6.07, 6.45) is 37.9. The molecular weight excluding hydrogens is 352 g/mol. The van der Waals surface area contributed by atoms with Gasteiger partial charge in [0.05, 0.1) is 0 Å². The first-order valence-electron chi connectivity index (χ1n) is 13.3. The Kier molecular flexibility index (Phi) is 26.4. The fourth-order valence-corrected chi connectivity index (χ4v) is 4.02. The first-order valence-corrected chi connectivity index (χ1v) is 13.3. The first-order chi connectivity index (χ1) is 14.4. The van der Waals surface area contributed by atoms with Gasteiger partial charge in [-0.25, -0.2) is 4.79 Å². The Morgan fingerprint density at radius 2 is 0.828 bits per heavy atom. The molecule has 0 aromatic carbocycles. The highest BCUT2D eigenvalue weighted by Gasteiger charge is 1.95. The number of hydrogen-bond donors (Lipinski definition) is 0. The highest BCUT2D eigenvalue weighted by atomic mass is 16.1. The normalized spacial score (nSPS) is 11.2. The van der Waals surface area contributed by atoms with Crippen molar-refractivity contribution < 1.29 is 4.79 Å². The monoisotopic (exact) mass is 404 g/mol. The third kappa shape index (κ3) is 27.2. The van der Waals surface area contributed by atoms with Crippen LogP contribution in [0.4, 0.5) is 0 Å². The number of hydrogen-bond acceptors (Lipinski definition) is 1. The molecule has 170 valence electrons. The zero-order chi connectivity index (χ0) is 21.1. The lowest BCUT2D eigenvalue weighted by Crippen LogP contribution is -1.84. The fraction of sp³-hybridized carbons (Fsp3) is 0.857. The highest BCUT2D eigenvalue weighted by molar-refractivity contribution is 5.45. The minimum Gasteiger partial charge on any atom is -0.234 e. The van der Waals surface area contributed by atoms with E-state index in [2.05, 4.69) is 19.1 Å². The number of rotatable bonds is 24. The minimum atomic E-state index is 0.739. The van der Waals surface area contributed by atoms with Crippen molar-refractivity contribution in [1.29, 1.82) is 0 Å². The van der Waals surface area contributed by atoms with Gasteiger partial charge in [-0.15, -0.1) is 0 Å². The van der Waals surface area contributed by atoms with Crippen LogP contribution in [-0.2, 0) is 4.79 Å². The van der Waals surface area contributed by atoms with Gasteiger partial charge in [0, 0.05) is 6.08 Å². The summed E-state index contributed by atoms with van der Waals surface area (Å²) < 4.78 is 0. The summed E-state index contributed by atoms with van der Waals surface area (Å²) in [4.78, 5) is 10.0. The van der Waals surface area contributed by atoms with E-state index in [-0.39, 0.29) is 0 Å². The van der Waals surface area contributed by atoms with Crippen molar-refractivity contribution in [2.75, 3.05) is 0 Å². The van der Waals surface area contributed by atoms with Gasteiger partial charge in [0.2, 0.25) is 0 Å². The zero-order valence-corrected chi connectivity index (χ0v) is 19.9. The quantitative estimate of drug-likeness (QED) is 0.0888. The second-order valence-corrected chi connectivity index (χ2v) is 8.89. The fourth-order valence-electron chi connectivity index (χ4n) is 4.02. The molecule has 0 aromatic heterocycles. The lowest BCUT2D eigenvalue weighted by molar-refractivity contribution is 0.520. The summed E-state index contributed by atoms with van der Waals surface area (Å²) >= 11 is 0. The van der Waals surface area contributed by atoms with Crippen LogP contribution >= 0.6 is 0 Å². The van der Waals surface area contributed by atoms with Gasteiger partial charge in [-0.1, -0.05) is 147 Å². The van der Waals surface area contributed by atoms with Crippen LogP contribution in [-0.4, -0.2) is 5.94 Å². The van der Waals surface area contributed by atoms with Crippen molar-refractivity contribution in [3.8, 4) is 0 Å². The van der Waals surface area contributed by atoms with Gasteiger partial charge in [-0.05, 0) is 19.3 Å². The molecule has 0 saturated carbocycles. The van der Waals surface area contributed by atoms with Crippen LogP contribution in [0.5, 0.6) is 0 Å². The second kappa shape index (κ2) is 27.2. The van der Waals surface area contributed by atoms with Crippen molar-refractivity contribution in [1.82, 2.24) is 0 Å². The van der Waals surface area contributed by atoms with E-state index in [1.165, 1.54) is 141 Å². The van der Waals surface area contributed by atoms with Crippen LogP contribution in [0.1, 0.15) is 155 Å². The van der Waals surface area contributed by atoms with E-state index in [4.69, 9.17) is 0 Å². The van der Waals surface area contributed by atoms with Gasteiger partial charge in [0.15, 0.2) is 0 Å². The average molecular weight is 405 g/mol. The molecule has 1 nitrogen and oxygen atoms in total. The molecule has 0 bridgehead atoms. The molecular formula is C28H52O. The Bertz CT molecular complexity index is 365. The van der Waals surface area contributed by atoms with Gasteiger partial charge in [0.25, 0.3) is 0 Å². The topological polar surface area (TPSA) is 17.1 Å². The molecule has 0 unspecified atom stereocenters. The van der Waals surface area contributed by atoms with Crippen LogP contribution in [0, 0.1) is 0 Å². The van der Waals surface area contributed by atoms with Crippen molar-refractivity contribution >= 4 is 5.94 Å². The van der Waals surface area contributed by atoms with Crippen molar-refractivity contribution in [3.63, 3.8) is 0 Å². The molecule has 1 heteroatoms. The summed E-state index contributed by atoms with van der Waals surface area (Å²) in [7, 11) is 0. The van der Waals surface area contributed by atoms with Crippen LogP contribution < -0.4 is 0 Å². The summed E-state index contributed by atoms with van der Waals surface area (Å²) in [6.45, 7) is 2.30. The molecule has 0 aromatic rings. The van der Waals surface area contributed by atoms with Gasteiger partial charge < -0.3 is 0 Å². The number of carbonyl (C=O) groups excluding carboxylic acids is 1. The SMILES string of the molecule is CCCCCCCCCCCCCCCCCCCCCCC/C=C/CC=C=O. The molecule has 0 amide bonds. The Labute approximate surface area is 183 Å². The molecule has 0 aliphatic heterocycles. The molecule has 29 heavy (non-hydrogen) atoms. The molecule has 0 heterocycles. The Hall–Kier alpha value is -0.810. The molecule has 0 aliphatic rings. The Morgan fingerprint density at radius 3 is 1.17 bits per heavy atom. The van der Waals surface area contributed by atoms with E-state index < -0.39 is 0 Å². The summed E-state index contributed by atoms with van der Waals surface area (Å²) in [5.41, 5.74) is 0. The maximum Gasteiger partial charge on any atom is 0.120 e. The molecule has 0 atom stereocenters. The molecule has 0 saturated heterocycles. The lowest BCUT2D eigenvalue weighted by atomic mass is 10.0. The lowest BCUT2D eigenvalue weighted by Gasteiger charge is -2.04. The van der Waals surface area contributed by atoms with Crippen molar-refractivity contribution in [3.05, 3.63) is 18.2 Å². The van der Waals surface area contributed by atoms with Crippen LogP contribution in [0.15, 0.2) is 18.2 Å². The van der Waals surface area contributed by atoms with E-state index in [1.54, 1.807) is 0 Å². The van der Waals surface area contributed by atoms with Gasteiger partial charge in [-0.2, -0.15) is 0 Å². The Balaban J connectivity index is 3.03. The second-order valence-electron chi connectivity index (χ2n) is 8.89. The molecule has 0 radical (unpaired) electrons. The largest absolute Gasteiger partial charge is 0.234 e. The van der Waals surface area contributed by atoms with Gasteiger partial charge in [-0.3, -0.25) is 0 Å². The summed E-state index contributed by atoms with van der Waals surface area (Å²) in [5.74, 6) is 1.81. The van der Waals surface area contributed by atoms with Crippen LogP contribution in [0.25, 0.3) is 0 Å². The number of unbranched alkanes of at least 4 members (excludes halogenated alkanes) is 21. The maximum absolute atomic E-state index is 10.0. The van der Waals surface area contributed by atoms with Gasteiger partial charge >= 0.3 is 0 Å². The third-order valence-electron chi connectivity index (χ3n) is 5.98. The predicted octanol–water partition coefficient (Wildman–Crippen LogP) is 9.92. The van der Waals surface area contributed by atoms with Crippen LogP contribution in [0.3, 0.4) is 0 Å². The van der Waals surface area contributed by atoms with Crippen molar-refractivity contribution in [2.45, 2.75) is 155 Å². The highest BCUT2D eigenvalue weighted by Crippen LogP contribution is 2.15. The molecule has 0 rings (SSSR count). The van der Waals surface area contributed by atoms with E-state index >= 15 is 0 Å². The van der Waals surface area contributed by atoms with Crippen molar-refractivity contribution in [2.24, 2.45) is 0 Å². The maximum atomic E-state index is 10.0. The number of allylic oxidation sites excluding steroid dienone is 3. The summed E-state index contributed by atoms with van der Waals surface area (Å²) in [6, 6.07) is 0. The first kappa shape index (κ1) is 28.2. The van der Waals surface area contributed by atoms with E-state index in [0.29, 0.717) is 0 Å². The molecule has 0 spiro atoms. The third-order valence-corrected chi connectivity index (χ3v) is 5.98. The predicted molar refractivity (Wildman–Crippen MR) is 131 cm³/mol. The van der Waals surface area contributed by atoms with E-state index in [0.717, 1.165) is 12.8 Å².